The molecule has 2 bridgehead atoms. The molecule has 35 heavy (non-hydrogen) atoms. The second kappa shape index (κ2) is 8.21. The van der Waals surface area contributed by atoms with Gasteiger partial charge in [-0.15, -0.1) is 11.8 Å². The fourth-order valence-electron chi connectivity index (χ4n) is 7.15. The van der Waals surface area contributed by atoms with Crippen molar-refractivity contribution < 1.29 is 19.5 Å². The Kier molecular flexibility index (Phi) is 5.47. The van der Waals surface area contributed by atoms with Crippen molar-refractivity contribution in [3.05, 3.63) is 49.4 Å². The number of H-pyrrole nitrogens is 1. The van der Waals surface area contributed by atoms with Crippen LogP contribution in [0, 0.1) is 35.5 Å². The summed E-state index contributed by atoms with van der Waals surface area (Å²) in [7, 11) is 0. The third-order valence-corrected chi connectivity index (χ3v) is 11.1. The van der Waals surface area contributed by atoms with Gasteiger partial charge in [0.2, 0.25) is 11.8 Å². The number of nitrogens with zero attached hydrogens (tertiary/aromatic N) is 1. The zero-order valence-corrected chi connectivity index (χ0v) is 21.5. The van der Waals surface area contributed by atoms with E-state index in [0.29, 0.717) is 5.02 Å². The number of amides is 2. The molecule has 184 valence electrons. The van der Waals surface area contributed by atoms with E-state index < -0.39 is 23.8 Å². The number of carbonyl (C=O) groups is 3. The molecule has 1 aromatic carbocycles. The number of rotatable bonds is 5. The van der Waals surface area contributed by atoms with Crippen molar-refractivity contribution in [2.75, 3.05) is 0 Å². The molecule has 6 rings (SSSR count). The summed E-state index contributed by atoms with van der Waals surface area (Å²) in [6, 6.07) is 6.52. The number of hydrogen-bond donors (Lipinski definition) is 2. The monoisotopic (exact) mass is 532 g/mol. The van der Waals surface area contributed by atoms with Crippen molar-refractivity contribution in [2.24, 2.45) is 35.5 Å². The van der Waals surface area contributed by atoms with Gasteiger partial charge in [0, 0.05) is 21.1 Å². The van der Waals surface area contributed by atoms with Crippen LogP contribution in [0.3, 0.4) is 0 Å². The van der Waals surface area contributed by atoms with Crippen molar-refractivity contribution in [3.8, 4) is 0 Å². The molecule has 2 aliphatic heterocycles. The fraction of sp³-hybridized carbons (Fsp3) is 0.520. The second-order valence-corrected chi connectivity index (χ2v) is 13.2. The van der Waals surface area contributed by atoms with E-state index in [1.54, 1.807) is 11.8 Å². The van der Waals surface area contributed by atoms with Gasteiger partial charge in [-0.3, -0.25) is 19.3 Å². The maximum atomic E-state index is 13.7. The van der Waals surface area contributed by atoms with Crippen LogP contribution in [0.1, 0.15) is 43.0 Å². The summed E-state index contributed by atoms with van der Waals surface area (Å²) in [4.78, 5) is 56.6. The first kappa shape index (κ1) is 23.3. The van der Waals surface area contributed by atoms with Crippen molar-refractivity contribution in [3.63, 3.8) is 0 Å². The van der Waals surface area contributed by atoms with Crippen molar-refractivity contribution in [1.29, 1.82) is 0 Å². The molecule has 1 aromatic heterocycles. The van der Waals surface area contributed by atoms with Gasteiger partial charge in [0.25, 0.3) is 0 Å². The number of fused-ring (bicyclic) bond motifs is 9. The van der Waals surface area contributed by atoms with Crippen LogP contribution >= 0.6 is 34.7 Å². The van der Waals surface area contributed by atoms with E-state index >= 15 is 0 Å². The van der Waals surface area contributed by atoms with E-state index in [0.717, 1.165) is 26.8 Å². The maximum absolute atomic E-state index is 13.7. The smallest absolute Gasteiger partial charge is 0.326 e. The van der Waals surface area contributed by atoms with Gasteiger partial charge in [-0.05, 0) is 54.2 Å². The van der Waals surface area contributed by atoms with E-state index in [9.17, 15) is 24.3 Å². The minimum atomic E-state index is -1.13. The highest BCUT2D eigenvalue weighted by atomic mass is 35.5. The molecule has 0 unspecified atom stereocenters. The Morgan fingerprint density at radius 1 is 1.14 bits per heavy atom. The molecule has 1 saturated heterocycles. The average molecular weight is 533 g/mol. The number of thiazole rings is 1. The number of aliphatic carboxylic acids is 1. The molecule has 2 saturated carbocycles. The zero-order valence-electron chi connectivity index (χ0n) is 19.1. The van der Waals surface area contributed by atoms with Crippen molar-refractivity contribution in [1.82, 2.24) is 9.88 Å². The molecule has 10 heteroatoms. The minimum absolute atomic E-state index is 0.0266. The zero-order chi connectivity index (χ0) is 24.8. The number of aromatic nitrogens is 1. The lowest BCUT2D eigenvalue weighted by atomic mass is 9.68. The predicted octanol–water partition coefficient (Wildman–Crippen LogP) is 4.06. The van der Waals surface area contributed by atoms with Crippen LogP contribution in [0.5, 0.6) is 0 Å². The molecule has 2 aromatic rings. The molecular weight excluding hydrogens is 508 g/mol. The normalized spacial score (nSPS) is 33.7. The van der Waals surface area contributed by atoms with Gasteiger partial charge in [0.1, 0.15) is 6.04 Å². The third kappa shape index (κ3) is 3.38. The van der Waals surface area contributed by atoms with Crippen LogP contribution in [-0.2, 0) is 14.4 Å². The number of hydrogen-bond acceptors (Lipinski definition) is 6. The molecule has 8 atom stereocenters. The number of carbonyl (C=O) groups excluding carboxylic acids is 2. The topological polar surface area (TPSA) is 108 Å². The van der Waals surface area contributed by atoms with Crippen LogP contribution in [0.4, 0.5) is 0 Å². The van der Waals surface area contributed by atoms with E-state index in [1.807, 2.05) is 38.1 Å². The summed E-state index contributed by atoms with van der Waals surface area (Å²) in [5.74, 6) is -2.77. The first-order chi connectivity index (χ1) is 16.7. The molecule has 7 nitrogen and oxygen atoms in total. The molecule has 3 heterocycles. The Hall–Kier alpha value is -2.10. The quantitative estimate of drug-likeness (QED) is 0.562. The Balaban J connectivity index is 1.42. The highest BCUT2D eigenvalue weighted by Crippen LogP contribution is 2.68. The van der Waals surface area contributed by atoms with Crippen molar-refractivity contribution >= 4 is 52.5 Å². The molecule has 4 aliphatic rings. The predicted molar refractivity (Wildman–Crippen MR) is 133 cm³/mol. The fourth-order valence-corrected chi connectivity index (χ4v) is 10.2. The van der Waals surface area contributed by atoms with Gasteiger partial charge in [-0.25, -0.2) is 4.79 Å². The number of carboxylic acids is 1. The highest BCUT2D eigenvalue weighted by Gasteiger charge is 2.70. The van der Waals surface area contributed by atoms with Gasteiger partial charge in [0.05, 0.1) is 16.9 Å². The largest absolute Gasteiger partial charge is 0.480 e. The Bertz CT molecular complexity index is 1290. The second-order valence-electron chi connectivity index (χ2n) is 10.5. The lowest BCUT2D eigenvalue weighted by Crippen LogP contribution is -2.47. The molecular formula is C25H25ClN2O5S2. The molecule has 2 amide bonds. The summed E-state index contributed by atoms with van der Waals surface area (Å²) >= 11 is 8.98. The molecule has 2 aliphatic carbocycles. The average Bonchev–Trinajstić information content (AvgIpc) is 3.52. The summed E-state index contributed by atoms with van der Waals surface area (Å²) in [5.41, 5.74) is 1.04. The maximum Gasteiger partial charge on any atom is 0.326 e. The van der Waals surface area contributed by atoms with Gasteiger partial charge in [0.15, 0.2) is 0 Å². The Morgan fingerprint density at radius 3 is 2.43 bits per heavy atom. The Labute approximate surface area is 215 Å². The standard InChI is InChI=1S/C25H25ClN2O5S2/c1-9(2)7-14(24(31)32)28-22(29)17-12-8-13(18(17)23(28)30)19-16(12)15(10-3-5-11(26)6-4-10)20-21(34-19)27-25(33)35-20/h3-6,9,12-19H,7-8H2,1-2H3,(H,27,33)(H,31,32)/t12-,13+,14-,15+,16+,17-,18+,19-/m1/s1. The highest BCUT2D eigenvalue weighted by molar-refractivity contribution is 8.00. The number of aromatic amines is 1. The van der Waals surface area contributed by atoms with Crippen molar-refractivity contribution in [2.45, 2.75) is 48.9 Å². The Morgan fingerprint density at radius 2 is 1.80 bits per heavy atom. The summed E-state index contributed by atoms with van der Waals surface area (Å²) in [6.07, 6.45) is 1.02. The van der Waals surface area contributed by atoms with Crippen LogP contribution in [-0.4, -0.2) is 44.1 Å². The number of halogens is 1. The van der Waals surface area contributed by atoms with Gasteiger partial charge in [-0.1, -0.05) is 48.9 Å². The summed E-state index contributed by atoms with van der Waals surface area (Å²) in [5, 5.41) is 11.4. The van der Waals surface area contributed by atoms with Crippen LogP contribution < -0.4 is 4.87 Å². The number of nitrogens with one attached hydrogen (secondary N) is 1. The molecule has 2 N–H and O–H groups in total. The van der Waals surface area contributed by atoms with E-state index in [1.165, 1.54) is 11.3 Å². The molecule has 0 radical (unpaired) electrons. The summed E-state index contributed by atoms with van der Waals surface area (Å²) in [6.45, 7) is 3.79. The van der Waals surface area contributed by atoms with Gasteiger partial charge in [-0.2, -0.15) is 0 Å². The van der Waals surface area contributed by atoms with E-state index in [-0.39, 0.29) is 57.9 Å². The number of likely N-dealkylation sites (tertiary alicyclic amines) is 1. The number of benzene rings is 1. The number of carboxylic acid groups (broad SMARTS) is 1. The van der Waals surface area contributed by atoms with Crippen LogP contribution in [0.15, 0.2) is 34.1 Å². The van der Waals surface area contributed by atoms with E-state index in [4.69, 9.17) is 11.6 Å². The third-order valence-electron chi connectivity index (χ3n) is 8.28. The van der Waals surface area contributed by atoms with Gasteiger partial charge >= 0.3 is 10.8 Å². The summed E-state index contributed by atoms with van der Waals surface area (Å²) < 4.78 is 0. The van der Waals surface area contributed by atoms with E-state index in [2.05, 4.69) is 4.98 Å². The molecule has 3 fully saturated rings. The van der Waals surface area contributed by atoms with Crippen LogP contribution in [0.25, 0.3) is 0 Å². The SMILES string of the molecule is CC(C)C[C@H](C(=O)O)N1C(=O)[C@@H]2[C@@H]3C[C@H]([C@H]4Sc5[nH]c(=O)sc5[C@@H](c5ccc(Cl)cc5)[C@H]34)[C@@H]2C1=O. The number of imide groups is 1. The first-order valence-electron chi connectivity index (χ1n) is 11.9. The van der Waals surface area contributed by atoms with Crippen LogP contribution in [0.2, 0.25) is 5.02 Å². The first-order valence-corrected chi connectivity index (χ1v) is 14.0. The minimum Gasteiger partial charge on any atom is -0.480 e. The lowest BCUT2D eigenvalue weighted by molar-refractivity contribution is -0.156. The number of thioether (sulfide) groups is 1. The van der Waals surface area contributed by atoms with Gasteiger partial charge < -0.3 is 10.1 Å². The lowest BCUT2D eigenvalue weighted by Gasteiger charge is -2.43. The molecule has 0 spiro atoms.